The number of phenolic OH excluding ortho intramolecular Hbond substituents is 1. The maximum Gasteiger partial charge on any atom is 0.337 e. The lowest BCUT2D eigenvalue weighted by Gasteiger charge is -2.37. The molecule has 1 fully saturated rings. The minimum Gasteiger partial charge on any atom is -0.506 e. The molecule has 2 aromatic rings. The second-order valence-electron chi connectivity index (χ2n) is 6.88. The van der Waals surface area contributed by atoms with Gasteiger partial charge in [0.05, 0.1) is 18.4 Å². The summed E-state index contributed by atoms with van der Waals surface area (Å²) in [5.74, 6) is 0.882. The summed E-state index contributed by atoms with van der Waals surface area (Å²) in [5.41, 5.74) is 2.58. The molecule has 0 aromatic heterocycles. The van der Waals surface area contributed by atoms with Gasteiger partial charge in [-0.3, -0.25) is 4.99 Å². The number of hydrogen-bond donors (Lipinski definition) is 2. The number of aromatic hydroxyl groups is 1. The fourth-order valence-corrected chi connectivity index (χ4v) is 3.47. The number of esters is 1. The van der Waals surface area contributed by atoms with Crippen LogP contribution in [-0.4, -0.2) is 68.8 Å². The Bertz CT molecular complexity index is 843. The molecule has 7 heteroatoms. The highest BCUT2D eigenvalue weighted by Crippen LogP contribution is 2.27. The van der Waals surface area contributed by atoms with Crippen molar-refractivity contribution in [1.29, 1.82) is 0 Å². The molecule has 0 aliphatic carbocycles. The minimum absolute atomic E-state index is 0.321. The normalized spacial score (nSPS) is 14.6. The van der Waals surface area contributed by atoms with E-state index in [1.807, 2.05) is 30.3 Å². The second-order valence-corrected chi connectivity index (χ2v) is 6.88. The number of nitrogens with one attached hydrogen (secondary N) is 1. The van der Waals surface area contributed by atoms with E-state index in [0.717, 1.165) is 56.4 Å². The van der Waals surface area contributed by atoms with Crippen LogP contribution in [0.4, 0.5) is 5.69 Å². The highest BCUT2D eigenvalue weighted by molar-refractivity contribution is 5.89. The van der Waals surface area contributed by atoms with E-state index >= 15 is 0 Å². The van der Waals surface area contributed by atoms with E-state index in [1.165, 1.54) is 7.11 Å². The van der Waals surface area contributed by atoms with Crippen LogP contribution in [0.3, 0.4) is 0 Å². The van der Waals surface area contributed by atoms with Crippen LogP contribution in [0.25, 0.3) is 0 Å². The lowest BCUT2D eigenvalue weighted by atomic mass is 10.1. The molecule has 0 radical (unpaired) electrons. The molecule has 1 heterocycles. The topological polar surface area (TPSA) is 77.4 Å². The lowest BCUT2D eigenvalue weighted by Crippen LogP contribution is -2.52. The average molecular weight is 396 g/mol. The fraction of sp³-hybridized carbons (Fsp3) is 0.364. The number of aliphatic imine (C=N–C) groups is 1. The van der Waals surface area contributed by atoms with E-state index in [9.17, 15) is 9.90 Å². The Morgan fingerprint density at radius 2 is 1.79 bits per heavy atom. The predicted molar refractivity (Wildman–Crippen MR) is 115 cm³/mol. The Kier molecular flexibility index (Phi) is 6.94. The molecule has 3 rings (SSSR count). The number of carbonyl (C=O) groups excluding carboxylic acids is 1. The molecule has 7 nitrogen and oxygen atoms in total. The van der Waals surface area contributed by atoms with E-state index in [0.29, 0.717) is 11.3 Å². The number of carbonyl (C=O) groups is 1. The fourth-order valence-electron chi connectivity index (χ4n) is 3.47. The molecule has 0 amide bonds. The van der Waals surface area contributed by atoms with Crippen LogP contribution < -0.4 is 10.2 Å². The smallest absolute Gasteiger partial charge is 0.337 e. The third kappa shape index (κ3) is 5.19. The van der Waals surface area contributed by atoms with Gasteiger partial charge in [-0.15, -0.1) is 0 Å². The number of nitrogens with zero attached hydrogens (tertiary/aromatic N) is 3. The van der Waals surface area contributed by atoms with Gasteiger partial charge in [0, 0.05) is 39.8 Å². The average Bonchev–Trinajstić information content (AvgIpc) is 2.77. The van der Waals surface area contributed by atoms with Crippen LogP contribution in [0.1, 0.15) is 15.9 Å². The molecular weight excluding hydrogens is 368 g/mol. The molecule has 0 atom stereocenters. The second kappa shape index (κ2) is 9.82. The summed E-state index contributed by atoms with van der Waals surface area (Å²) in [6.07, 6.45) is 0.832. The van der Waals surface area contributed by atoms with E-state index < -0.39 is 0 Å². The first-order chi connectivity index (χ1) is 14.1. The number of ether oxygens (including phenoxy) is 1. The predicted octanol–water partition coefficient (Wildman–Crippen LogP) is 2.12. The van der Waals surface area contributed by atoms with Gasteiger partial charge in [0.15, 0.2) is 5.96 Å². The molecule has 1 aliphatic heterocycles. The molecular formula is C22H28N4O3. The van der Waals surface area contributed by atoms with Crippen molar-refractivity contribution in [3.05, 3.63) is 59.7 Å². The molecule has 1 aliphatic rings. The van der Waals surface area contributed by atoms with Gasteiger partial charge in [-0.1, -0.05) is 24.3 Å². The quantitative estimate of drug-likeness (QED) is 0.458. The summed E-state index contributed by atoms with van der Waals surface area (Å²) in [6.45, 7) is 4.08. The summed E-state index contributed by atoms with van der Waals surface area (Å²) in [5, 5.41) is 13.5. The number of guanidine groups is 1. The number of piperazine rings is 1. The van der Waals surface area contributed by atoms with Crippen molar-refractivity contribution in [3.8, 4) is 5.75 Å². The Morgan fingerprint density at radius 3 is 2.41 bits per heavy atom. The zero-order valence-corrected chi connectivity index (χ0v) is 17.0. The molecule has 0 spiro atoms. The van der Waals surface area contributed by atoms with Gasteiger partial charge >= 0.3 is 5.97 Å². The Morgan fingerprint density at radius 1 is 1.10 bits per heavy atom. The van der Waals surface area contributed by atoms with E-state index in [2.05, 4.69) is 20.1 Å². The maximum absolute atomic E-state index is 11.5. The van der Waals surface area contributed by atoms with Crippen LogP contribution in [0.15, 0.2) is 53.5 Å². The summed E-state index contributed by atoms with van der Waals surface area (Å²) in [7, 11) is 3.18. The molecule has 0 unspecified atom stereocenters. The van der Waals surface area contributed by atoms with Gasteiger partial charge in [0.25, 0.3) is 0 Å². The summed E-state index contributed by atoms with van der Waals surface area (Å²) < 4.78 is 4.72. The van der Waals surface area contributed by atoms with Crippen molar-refractivity contribution in [2.45, 2.75) is 6.42 Å². The van der Waals surface area contributed by atoms with Crippen molar-refractivity contribution in [1.82, 2.24) is 10.2 Å². The minimum atomic E-state index is -0.321. The highest BCUT2D eigenvalue weighted by atomic mass is 16.5. The number of anilines is 1. The number of phenols is 1. The van der Waals surface area contributed by atoms with Crippen molar-refractivity contribution in [2.24, 2.45) is 4.99 Å². The summed E-state index contributed by atoms with van der Waals surface area (Å²) in [4.78, 5) is 20.3. The van der Waals surface area contributed by atoms with Crippen LogP contribution in [0.2, 0.25) is 0 Å². The number of para-hydroxylation sites is 2. The van der Waals surface area contributed by atoms with E-state index in [1.54, 1.807) is 25.2 Å². The van der Waals surface area contributed by atoms with Crippen LogP contribution in [0, 0.1) is 0 Å². The van der Waals surface area contributed by atoms with Crippen molar-refractivity contribution in [3.63, 3.8) is 0 Å². The van der Waals surface area contributed by atoms with Crippen LogP contribution in [0.5, 0.6) is 5.75 Å². The third-order valence-electron chi connectivity index (χ3n) is 5.09. The van der Waals surface area contributed by atoms with E-state index in [-0.39, 0.29) is 5.97 Å². The zero-order chi connectivity index (χ0) is 20.6. The summed E-state index contributed by atoms with van der Waals surface area (Å²) in [6, 6.07) is 14.9. The first-order valence-corrected chi connectivity index (χ1v) is 9.78. The third-order valence-corrected chi connectivity index (χ3v) is 5.09. The largest absolute Gasteiger partial charge is 0.506 e. The highest BCUT2D eigenvalue weighted by Gasteiger charge is 2.21. The Hall–Kier alpha value is -3.22. The Labute approximate surface area is 171 Å². The SMILES string of the molecule is CN=C(NCCc1ccc(C(=O)OC)cc1)N1CCN(c2ccccc2O)CC1. The van der Waals surface area contributed by atoms with Crippen molar-refractivity contribution < 1.29 is 14.6 Å². The molecule has 0 saturated carbocycles. The van der Waals surface area contributed by atoms with Crippen molar-refractivity contribution in [2.75, 3.05) is 51.8 Å². The standard InChI is InChI=1S/C22H28N4O3/c1-23-22(24-12-11-17-7-9-18(10-8-17)21(28)29-2)26-15-13-25(14-16-26)19-5-3-4-6-20(19)27/h3-10,27H,11-16H2,1-2H3,(H,23,24). The number of methoxy groups -OCH3 is 1. The summed E-state index contributed by atoms with van der Waals surface area (Å²) >= 11 is 0. The van der Waals surface area contributed by atoms with Crippen LogP contribution >= 0.6 is 0 Å². The van der Waals surface area contributed by atoms with Gasteiger partial charge in [-0.05, 0) is 36.2 Å². The van der Waals surface area contributed by atoms with Gasteiger partial charge in [0.1, 0.15) is 5.75 Å². The number of rotatable bonds is 5. The molecule has 2 N–H and O–H groups in total. The molecule has 154 valence electrons. The number of hydrogen-bond acceptors (Lipinski definition) is 5. The Balaban J connectivity index is 1.47. The molecule has 2 aromatic carbocycles. The van der Waals surface area contributed by atoms with Crippen molar-refractivity contribution >= 4 is 17.6 Å². The number of benzene rings is 2. The van der Waals surface area contributed by atoms with Gasteiger partial charge < -0.3 is 25.0 Å². The molecule has 1 saturated heterocycles. The van der Waals surface area contributed by atoms with Gasteiger partial charge in [-0.25, -0.2) is 4.79 Å². The van der Waals surface area contributed by atoms with Crippen LogP contribution in [-0.2, 0) is 11.2 Å². The molecule has 29 heavy (non-hydrogen) atoms. The van der Waals surface area contributed by atoms with Gasteiger partial charge in [-0.2, -0.15) is 0 Å². The monoisotopic (exact) mass is 396 g/mol. The van der Waals surface area contributed by atoms with Gasteiger partial charge in [0.2, 0.25) is 0 Å². The van der Waals surface area contributed by atoms with E-state index in [4.69, 9.17) is 4.74 Å². The molecule has 0 bridgehead atoms. The lowest BCUT2D eigenvalue weighted by molar-refractivity contribution is 0.0600. The first kappa shape index (κ1) is 20.5. The zero-order valence-electron chi connectivity index (χ0n) is 17.0. The first-order valence-electron chi connectivity index (χ1n) is 9.78. The maximum atomic E-state index is 11.5.